The first-order valence-electron chi connectivity index (χ1n) is 11.7. The summed E-state index contributed by atoms with van der Waals surface area (Å²) in [4.78, 5) is 26.3. The number of fused-ring (bicyclic) bond motifs is 10. The van der Waals surface area contributed by atoms with E-state index in [2.05, 4.69) is 26.6 Å². The standard InChI is InChI=1S/C28H21N5O2/c29-13-5-7-15-32-19-11-3-1-9-17(19)21-23-24(28(35)31-27(23)34)22-18-10-2-4-12-20(18)33(16-8-6-14-30)26(22)25(21)32/h1-4,9-12H,5-8,15-16H2,(H,31,34,35). The van der Waals surface area contributed by atoms with Crippen molar-refractivity contribution in [3.8, 4) is 12.1 Å². The SMILES string of the molecule is N#CCCCn1c2ccccc2c2c3c(c4c5ccccc5n(CCCC#N)c4c21)C(=O)NC3=O. The number of para-hydroxylation sites is 2. The van der Waals surface area contributed by atoms with Gasteiger partial charge in [0.25, 0.3) is 11.8 Å². The number of rotatable bonds is 6. The predicted octanol–water partition coefficient (Wildman–Crippen LogP) is 5.39. The Bertz CT molecular complexity index is 1660. The predicted molar refractivity (Wildman–Crippen MR) is 134 cm³/mol. The van der Waals surface area contributed by atoms with Gasteiger partial charge in [-0.1, -0.05) is 36.4 Å². The molecule has 1 aliphatic rings. The van der Waals surface area contributed by atoms with Crippen molar-refractivity contribution in [2.75, 3.05) is 0 Å². The average molecular weight is 460 g/mol. The van der Waals surface area contributed by atoms with Gasteiger partial charge in [-0.2, -0.15) is 10.5 Å². The Balaban J connectivity index is 1.87. The van der Waals surface area contributed by atoms with Crippen LogP contribution in [0.4, 0.5) is 0 Å². The third kappa shape index (κ3) is 2.88. The zero-order valence-corrected chi connectivity index (χ0v) is 19.0. The van der Waals surface area contributed by atoms with E-state index in [0.717, 1.165) is 43.6 Å². The summed E-state index contributed by atoms with van der Waals surface area (Å²) >= 11 is 0. The molecule has 35 heavy (non-hydrogen) atoms. The molecule has 0 radical (unpaired) electrons. The lowest BCUT2D eigenvalue weighted by Crippen LogP contribution is -2.20. The van der Waals surface area contributed by atoms with Crippen molar-refractivity contribution in [2.45, 2.75) is 38.8 Å². The van der Waals surface area contributed by atoms with Crippen LogP contribution in [0.5, 0.6) is 0 Å². The fourth-order valence-electron chi connectivity index (χ4n) is 5.63. The van der Waals surface area contributed by atoms with Gasteiger partial charge in [0.05, 0.1) is 34.3 Å². The maximum atomic E-state index is 13.2. The number of nitrogens with one attached hydrogen (secondary N) is 1. The zero-order chi connectivity index (χ0) is 24.1. The molecule has 2 amide bonds. The summed E-state index contributed by atoms with van der Waals surface area (Å²) in [5, 5.41) is 24.2. The van der Waals surface area contributed by atoms with Crippen molar-refractivity contribution in [3.05, 3.63) is 59.7 Å². The van der Waals surface area contributed by atoms with Gasteiger partial charge in [0.2, 0.25) is 0 Å². The van der Waals surface area contributed by atoms with Crippen LogP contribution in [0.1, 0.15) is 46.4 Å². The van der Waals surface area contributed by atoms with Crippen molar-refractivity contribution >= 4 is 55.4 Å². The first kappa shape index (κ1) is 20.9. The molecule has 0 saturated heterocycles. The summed E-state index contributed by atoms with van der Waals surface area (Å²) in [5.41, 5.74) is 4.58. The number of amides is 2. The van der Waals surface area contributed by atoms with Crippen LogP contribution in [-0.2, 0) is 13.1 Å². The second kappa shape index (κ2) is 8.00. The summed E-state index contributed by atoms with van der Waals surface area (Å²) < 4.78 is 4.39. The summed E-state index contributed by atoms with van der Waals surface area (Å²) in [7, 11) is 0. The molecule has 170 valence electrons. The van der Waals surface area contributed by atoms with Gasteiger partial charge in [0.1, 0.15) is 0 Å². The Labute approximate surface area is 200 Å². The largest absolute Gasteiger partial charge is 0.339 e. The number of carbonyl (C=O) groups is 2. The van der Waals surface area contributed by atoms with Crippen LogP contribution in [0, 0.1) is 22.7 Å². The topological polar surface area (TPSA) is 104 Å². The van der Waals surface area contributed by atoms with Gasteiger partial charge < -0.3 is 9.13 Å². The van der Waals surface area contributed by atoms with E-state index >= 15 is 0 Å². The molecule has 0 fully saturated rings. The monoisotopic (exact) mass is 459 g/mol. The highest BCUT2D eigenvalue weighted by atomic mass is 16.2. The highest BCUT2D eigenvalue weighted by molar-refractivity contribution is 6.39. The zero-order valence-electron chi connectivity index (χ0n) is 19.0. The van der Waals surface area contributed by atoms with E-state index in [1.165, 1.54) is 0 Å². The van der Waals surface area contributed by atoms with Gasteiger partial charge in [-0.05, 0) is 25.0 Å². The van der Waals surface area contributed by atoms with Gasteiger partial charge in [0.15, 0.2) is 0 Å². The number of nitrogens with zero attached hydrogens (tertiary/aromatic N) is 4. The van der Waals surface area contributed by atoms with Crippen molar-refractivity contribution in [2.24, 2.45) is 0 Å². The number of hydrogen-bond donors (Lipinski definition) is 1. The lowest BCUT2D eigenvalue weighted by molar-refractivity contribution is 0.0880. The number of aromatic nitrogens is 2. The second-order valence-corrected chi connectivity index (χ2v) is 8.84. The van der Waals surface area contributed by atoms with Gasteiger partial charge in [-0.3, -0.25) is 14.9 Å². The molecule has 3 heterocycles. The van der Waals surface area contributed by atoms with E-state index in [4.69, 9.17) is 10.5 Å². The van der Waals surface area contributed by atoms with Gasteiger partial charge >= 0.3 is 0 Å². The van der Waals surface area contributed by atoms with Crippen LogP contribution in [0.15, 0.2) is 48.5 Å². The van der Waals surface area contributed by atoms with Crippen LogP contribution < -0.4 is 5.32 Å². The smallest absolute Gasteiger partial charge is 0.259 e. The minimum atomic E-state index is -0.377. The molecule has 0 unspecified atom stereocenters. The van der Waals surface area contributed by atoms with E-state index in [1.54, 1.807) is 0 Å². The van der Waals surface area contributed by atoms with E-state index in [1.807, 2.05) is 48.5 Å². The third-order valence-electron chi connectivity index (χ3n) is 6.94. The molecular weight excluding hydrogens is 438 g/mol. The number of aryl methyl sites for hydroxylation is 2. The van der Waals surface area contributed by atoms with E-state index in [-0.39, 0.29) is 11.8 Å². The number of imide groups is 1. The summed E-state index contributed by atoms with van der Waals surface area (Å²) in [6, 6.07) is 20.3. The van der Waals surface area contributed by atoms with Crippen LogP contribution >= 0.6 is 0 Å². The Hall–Kier alpha value is -4.62. The Morgan fingerprint density at radius 1 is 0.686 bits per heavy atom. The van der Waals surface area contributed by atoms with Crippen LogP contribution in [0.3, 0.4) is 0 Å². The molecule has 7 heteroatoms. The molecule has 6 rings (SSSR count). The molecule has 0 bridgehead atoms. The highest BCUT2D eigenvalue weighted by Gasteiger charge is 2.36. The summed E-state index contributed by atoms with van der Waals surface area (Å²) in [5.74, 6) is -0.753. The van der Waals surface area contributed by atoms with Gasteiger partial charge in [-0.15, -0.1) is 0 Å². The molecule has 5 aromatic rings. The molecule has 7 nitrogen and oxygen atoms in total. The molecule has 0 spiro atoms. The molecule has 2 aromatic heterocycles. The van der Waals surface area contributed by atoms with Crippen LogP contribution in [0.2, 0.25) is 0 Å². The Morgan fingerprint density at radius 2 is 1.11 bits per heavy atom. The average Bonchev–Trinajstić information content (AvgIpc) is 3.47. The van der Waals surface area contributed by atoms with Gasteiger partial charge in [-0.25, -0.2) is 0 Å². The first-order valence-corrected chi connectivity index (χ1v) is 11.7. The van der Waals surface area contributed by atoms with Crippen molar-refractivity contribution in [1.82, 2.24) is 14.5 Å². The molecule has 3 aromatic carbocycles. The van der Waals surface area contributed by atoms with E-state index < -0.39 is 0 Å². The number of benzene rings is 3. The Kier molecular flexibility index (Phi) is 4.79. The fourth-order valence-corrected chi connectivity index (χ4v) is 5.63. The Morgan fingerprint density at radius 3 is 1.54 bits per heavy atom. The van der Waals surface area contributed by atoms with Gasteiger partial charge in [0, 0.05) is 58.5 Å². The molecule has 0 saturated carbocycles. The third-order valence-corrected chi connectivity index (χ3v) is 6.94. The van der Waals surface area contributed by atoms with Crippen LogP contribution in [0.25, 0.3) is 43.6 Å². The molecule has 0 aliphatic carbocycles. The quantitative estimate of drug-likeness (QED) is 0.271. The minimum Gasteiger partial charge on any atom is -0.339 e. The number of carbonyl (C=O) groups excluding carboxylic acids is 2. The van der Waals surface area contributed by atoms with Crippen LogP contribution in [-0.4, -0.2) is 20.9 Å². The molecule has 0 atom stereocenters. The van der Waals surface area contributed by atoms with E-state index in [9.17, 15) is 9.59 Å². The summed E-state index contributed by atoms with van der Waals surface area (Å²) in [6.07, 6.45) is 2.18. The summed E-state index contributed by atoms with van der Waals surface area (Å²) in [6.45, 7) is 1.22. The number of unbranched alkanes of at least 4 members (excludes halogenated alkanes) is 2. The lowest BCUT2D eigenvalue weighted by Gasteiger charge is -2.12. The number of nitriles is 2. The van der Waals surface area contributed by atoms with Crippen molar-refractivity contribution < 1.29 is 9.59 Å². The maximum Gasteiger partial charge on any atom is 0.259 e. The number of hydrogen-bond acceptors (Lipinski definition) is 4. The lowest BCUT2D eigenvalue weighted by atomic mass is 9.96. The molecular formula is C28H21N5O2. The molecule has 1 aliphatic heterocycles. The minimum absolute atomic E-state index is 0.377. The molecule has 1 N–H and O–H groups in total. The maximum absolute atomic E-state index is 13.2. The normalized spacial score (nSPS) is 13.0. The van der Waals surface area contributed by atoms with E-state index in [0.29, 0.717) is 49.9 Å². The van der Waals surface area contributed by atoms with Crippen molar-refractivity contribution in [3.63, 3.8) is 0 Å². The fraction of sp³-hybridized carbons (Fsp3) is 0.214. The second-order valence-electron chi connectivity index (χ2n) is 8.84. The highest BCUT2D eigenvalue weighted by Crippen LogP contribution is 2.45. The first-order chi connectivity index (χ1) is 17.2. The van der Waals surface area contributed by atoms with Crippen molar-refractivity contribution in [1.29, 1.82) is 10.5 Å².